The summed E-state index contributed by atoms with van der Waals surface area (Å²) >= 11 is 0. The second-order valence-corrected chi connectivity index (χ2v) is 6.76. The fourth-order valence-corrected chi connectivity index (χ4v) is 2.57. The first-order valence-electron chi connectivity index (χ1n) is 8.19. The normalized spacial score (nSPS) is 15.0. The third-order valence-electron chi connectivity index (χ3n) is 4.26. The number of piperidine rings is 1. The molecule has 0 unspecified atom stereocenters. The molecule has 3 amide bonds. The number of halogens is 1. The summed E-state index contributed by atoms with van der Waals surface area (Å²) in [6.45, 7) is 5.17. The molecule has 1 aliphatic heterocycles. The van der Waals surface area contributed by atoms with Gasteiger partial charge in [0, 0.05) is 19.6 Å². The smallest absolute Gasteiger partial charge is 0.319 e. The number of benzene rings is 1. The van der Waals surface area contributed by atoms with Gasteiger partial charge in [-0.2, -0.15) is 0 Å². The van der Waals surface area contributed by atoms with Gasteiger partial charge in [-0.05, 0) is 51.3 Å². The molecule has 7 heteroatoms. The van der Waals surface area contributed by atoms with Gasteiger partial charge < -0.3 is 21.3 Å². The molecule has 0 aromatic heterocycles. The summed E-state index contributed by atoms with van der Waals surface area (Å²) in [5.74, 6) is -0.911. The number of urea groups is 1. The predicted molar refractivity (Wildman–Crippen MR) is 92.5 cm³/mol. The molecule has 1 aromatic carbocycles. The largest absolute Gasteiger partial charge is 0.370 e. The van der Waals surface area contributed by atoms with Crippen molar-refractivity contribution in [3.05, 3.63) is 24.0 Å². The zero-order chi connectivity index (χ0) is 17.7. The molecule has 0 saturated carbocycles. The van der Waals surface area contributed by atoms with Crippen LogP contribution < -0.4 is 21.3 Å². The van der Waals surface area contributed by atoms with Gasteiger partial charge in [0.2, 0.25) is 5.91 Å². The highest BCUT2D eigenvalue weighted by Crippen LogP contribution is 2.29. The molecule has 1 saturated heterocycles. The number of rotatable bonds is 5. The van der Waals surface area contributed by atoms with Crippen LogP contribution in [0.25, 0.3) is 0 Å². The maximum absolute atomic E-state index is 13.6. The number of hydrogen-bond acceptors (Lipinski definition) is 3. The standard InChI is InChI=1S/C17H25FN4O2/c1-17(2,15(19)23)11-20-16(24)21-13-10-12(18)6-7-14(13)22-8-4-3-5-9-22/h6-7,10H,3-5,8-9,11H2,1-2H3,(H2,19,23)(H2,20,21,24). The Labute approximate surface area is 141 Å². The van der Waals surface area contributed by atoms with Crippen LogP contribution in [0.1, 0.15) is 33.1 Å². The van der Waals surface area contributed by atoms with E-state index in [0.717, 1.165) is 31.6 Å². The molecule has 4 N–H and O–H groups in total. The number of nitrogens with one attached hydrogen (secondary N) is 2. The summed E-state index contributed by atoms with van der Waals surface area (Å²) in [5, 5.41) is 5.29. The molecular weight excluding hydrogens is 311 g/mol. The van der Waals surface area contributed by atoms with Crippen LogP contribution in [0.15, 0.2) is 18.2 Å². The summed E-state index contributed by atoms with van der Waals surface area (Å²) in [6, 6.07) is 3.89. The number of primary amides is 1. The summed E-state index contributed by atoms with van der Waals surface area (Å²) in [5.41, 5.74) is 5.66. The zero-order valence-electron chi connectivity index (χ0n) is 14.2. The lowest BCUT2D eigenvalue weighted by Crippen LogP contribution is -2.43. The number of carbonyl (C=O) groups is 2. The summed E-state index contributed by atoms with van der Waals surface area (Å²) in [4.78, 5) is 25.5. The highest BCUT2D eigenvalue weighted by Gasteiger charge is 2.25. The molecule has 24 heavy (non-hydrogen) atoms. The molecule has 1 fully saturated rings. The van der Waals surface area contributed by atoms with E-state index in [2.05, 4.69) is 15.5 Å². The summed E-state index contributed by atoms with van der Waals surface area (Å²) in [7, 11) is 0. The van der Waals surface area contributed by atoms with Gasteiger partial charge in [0.25, 0.3) is 0 Å². The van der Waals surface area contributed by atoms with Gasteiger partial charge in [-0.3, -0.25) is 4.79 Å². The van der Waals surface area contributed by atoms with E-state index in [4.69, 9.17) is 5.73 Å². The van der Waals surface area contributed by atoms with Crippen molar-refractivity contribution in [2.45, 2.75) is 33.1 Å². The topological polar surface area (TPSA) is 87.5 Å². The van der Waals surface area contributed by atoms with Crippen molar-refractivity contribution in [2.75, 3.05) is 29.9 Å². The lowest BCUT2D eigenvalue weighted by molar-refractivity contribution is -0.125. The molecule has 1 aliphatic rings. The van der Waals surface area contributed by atoms with E-state index in [0.29, 0.717) is 5.69 Å². The molecule has 0 bridgehead atoms. The molecule has 0 radical (unpaired) electrons. The van der Waals surface area contributed by atoms with Crippen molar-refractivity contribution >= 4 is 23.3 Å². The second-order valence-electron chi connectivity index (χ2n) is 6.76. The third kappa shape index (κ3) is 4.59. The van der Waals surface area contributed by atoms with Crippen LogP contribution in [0.4, 0.5) is 20.6 Å². The van der Waals surface area contributed by atoms with E-state index in [9.17, 15) is 14.0 Å². The quantitative estimate of drug-likeness (QED) is 0.772. The molecule has 1 aromatic rings. The summed E-state index contributed by atoms with van der Waals surface area (Å²) < 4.78 is 13.6. The van der Waals surface area contributed by atoms with Crippen molar-refractivity contribution < 1.29 is 14.0 Å². The van der Waals surface area contributed by atoms with E-state index in [-0.39, 0.29) is 6.54 Å². The van der Waals surface area contributed by atoms with Gasteiger partial charge in [-0.1, -0.05) is 0 Å². The number of nitrogens with two attached hydrogens (primary N) is 1. The average molecular weight is 336 g/mol. The Balaban J connectivity index is 2.06. The van der Waals surface area contributed by atoms with Crippen LogP contribution >= 0.6 is 0 Å². The Kier molecular flexibility index (Phi) is 5.64. The Morgan fingerprint density at radius 2 is 1.92 bits per heavy atom. The molecule has 0 atom stereocenters. The van der Waals surface area contributed by atoms with Gasteiger partial charge >= 0.3 is 6.03 Å². The Bertz CT molecular complexity index is 613. The number of hydrogen-bond donors (Lipinski definition) is 3. The van der Waals surface area contributed by atoms with E-state index < -0.39 is 23.2 Å². The first-order chi connectivity index (χ1) is 11.3. The van der Waals surface area contributed by atoms with Gasteiger partial charge in [0.05, 0.1) is 16.8 Å². The minimum Gasteiger partial charge on any atom is -0.370 e. The van der Waals surface area contributed by atoms with Crippen molar-refractivity contribution in [3.63, 3.8) is 0 Å². The first kappa shape index (κ1) is 18.0. The molecule has 0 aliphatic carbocycles. The fraction of sp³-hybridized carbons (Fsp3) is 0.529. The molecule has 1 heterocycles. The van der Waals surface area contributed by atoms with Crippen LogP contribution in [-0.4, -0.2) is 31.6 Å². The Hall–Kier alpha value is -2.31. The number of nitrogens with zero attached hydrogens (tertiary/aromatic N) is 1. The number of amides is 3. The van der Waals surface area contributed by atoms with Crippen LogP contribution in [-0.2, 0) is 4.79 Å². The minimum absolute atomic E-state index is 0.0997. The van der Waals surface area contributed by atoms with Crippen molar-refractivity contribution in [2.24, 2.45) is 11.1 Å². The van der Waals surface area contributed by atoms with Gasteiger partial charge in [0.1, 0.15) is 5.82 Å². The molecule has 6 nitrogen and oxygen atoms in total. The molecule has 132 valence electrons. The van der Waals surface area contributed by atoms with Crippen LogP contribution in [0, 0.1) is 11.2 Å². The highest BCUT2D eigenvalue weighted by atomic mass is 19.1. The maximum Gasteiger partial charge on any atom is 0.319 e. The monoisotopic (exact) mass is 336 g/mol. The lowest BCUT2D eigenvalue weighted by atomic mass is 9.93. The van der Waals surface area contributed by atoms with Gasteiger partial charge in [-0.15, -0.1) is 0 Å². The predicted octanol–water partition coefficient (Wildman–Crippen LogP) is 2.45. The second kappa shape index (κ2) is 7.51. The lowest BCUT2D eigenvalue weighted by Gasteiger charge is -2.30. The molecule has 2 rings (SSSR count). The Morgan fingerprint density at radius 3 is 2.54 bits per heavy atom. The van der Waals surface area contributed by atoms with Crippen LogP contribution in [0.3, 0.4) is 0 Å². The highest BCUT2D eigenvalue weighted by molar-refractivity contribution is 5.93. The maximum atomic E-state index is 13.6. The van der Waals surface area contributed by atoms with E-state index >= 15 is 0 Å². The third-order valence-corrected chi connectivity index (χ3v) is 4.26. The first-order valence-corrected chi connectivity index (χ1v) is 8.19. The van der Waals surface area contributed by atoms with Crippen molar-refractivity contribution in [1.82, 2.24) is 5.32 Å². The zero-order valence-corrected chi connectivity index (χ0v) is 14.2. The van der Waals surface area contributed by atoms with Crippen LogP contribution in [0.5, 0.6) is 0 Å². The number of anilines is 2. The fourth-order valence-electron chi connectivity index (χ4n) is 2.57. The summed E-state index contributed by atoms with van der Waals surface area (Å²) in [6.07, 6.45) is 3.34. The van der Waals surface area contributed by atoms with Gasteiger partial charge in [-0.25, -0.2) is 9.18 Å². The molecular formula is C17H25FN4O2. The van der Waals surface area contributed by atoms with E-state index in [1.54, 1.807) is 19.9 Å². The Morgan fingerprint density at radius 1 is 1.25 bits per heavy atom. The van der Waals surface area contributed by atoms with Crippen LogP contribution in [0.2, 0.25) is 0 Å². The number of carbonyl (C=O) groups excluding carboxylic acids is 2. The average Bonchev–Trinajstić information content (AvgIpc) is 2.54. The molecule has 0 spiro atoms. The minimum atomic E-state index is -0.852. The SMILES string of the molecule is CC(C)(CNC(=O)Nc1cc(F)ccc1N1CCCCC1)C(N)=O. The van der Waals surface area contributed by atoms with Gasteiger partial charge in [0.15, 0.2) is 0 Å². The van der Waals surface area contributed by atoms with Crippen molar-refractivity contribution in [1.29, 1.82) is 0 Å². The van der Waals surface area contributed by atoms with Crippen molar-refractivity contribution in [3.8, 4) is 0 Å². The van der Waals surface area contributed by atoms with E-state index in [1.165, 1.54) is 18.6 Å². The van der Waals surface area contributed by atoms with E-state index in [1.807, 2.05) is 0 Å².